The van der Waals surface area contributed by atoms with Crippen LogP contribution in [0.25, 0.3) is 0 Å². The van der Waals surface area contributed by atoms with E-state index in [9.17, 15) is 4.79 Å². The number of piperidine rings is 1. The molecule has 5 nitrogen and oxygen atoms in total. The number of hydrogen-bond acceptors (Lipinski definition) is 3. The second-order valence-corrected chi connectivity index (χ2v) is 8.55. The quantitative estimate of drug-likeness (QED) is 0.577. The summed E-state index contributed by atoms with van der Waals surface area (Å²) in [6.45, 7) is 9.93. The van der Waals surface area contributed by atoms with Crippen LogP contribution in [0.4, 0.5) is 11.4 Å². The van der Waals surface area contributed by atoms with Crippen LogP contribution in [-0.2, 0) is 4.79 Å². The van der Waals surface area contributed by atoms with Gasteiger partial charge < -0.3 is 20.4 Å². The minimum Gasteiger partial charge on any atom is -0.362 e. The molecule has 2 aliphatic rings. The van der Waals surface area contributed by atoms with E-state index in [1.54, 1.807) is 0 Å². The zero-order valence-electron chi connectivity index (χ0n) is 16.5. The summed E-state index contributed by atoms with van der Waals surface area (Å²) in [5.41, 5.74) is 1.86. The van der Waals surface area contributed by atoms with Gasteiger partial charge in [-0.3, -0.25) is 4.79 Å². The van der Waals surface area contributed by atoms with Gasteiger partial charge in [-0.05, 0) is 68.1 Å². The molecule has 3 rings (SSSR count). The summed E-state index contributed by atoms with van der Waals surface area (Å²) in [5, 5.41) is 7.19. The third-order valence-electron chi connectivity index (χ3n) is 5.37. The molecule has 1 aromatic rings. The van der Waals surface area contributed by atoms with Gasteiger partial charge in [-0.1, -0.05) is 19.9 Å². The van der Waals surface area contributed by atoms with Crippen molar-refractivity contribution in [3.63, 3.8) is 0 Å². The maximum atomic E-state index is 11.9. The van der Waals surface area contributed by atoms with Gasteiger partial charge in [0.25, 0.3) is 0 Å². The van der Waals surface area contributed by atoms with Gasteiger partial charge in [0.05, 0.1) is 0 Å². The van der Waals surface area contributed by atoms with Crippen LogP contribution < -0.4 is 15.5 Å². The Morgan fingerprint density at radius 2 is 2.04 bits per heavy atom. The molecule has 0 aliphatic carbocycles. The fraction of sp³-hybridized carbons (Fsp3) is 0.619. The topological polar surface area (TPSA) is 47.6 Å². The Bertz CT molecular complexity index is 655. The number of nitrogens with zero attached hydrogens (tertiary/aromatic N) is 2. The molecule has 27 heavy (non-hydrogen) atoms. The van der Waals surface area contributed by atoms with Gasteiger partial charge >= 0.3 is 0 Å². The molecule has 0 unspecified atom stereocenters. The van der Waals surface area contributed by atoms with E-state index in [1.807, 2.05) is 29.2 Å². The van der Waals surface area contributed by atoms with Crippen LogP contribution in [0.2, 0.25) is 0 Å². The molecular weight excluding hydrogens is 356 g/mol. The molecule has 2 saturated heterocycles. The van der Waals surface area contributed by atoms with Crippen LogP contribution in [-0.4, -0.2) is 48.6 Å². The third kappa shape index (κ3) is 5.91. The van der Waals surface area contributed by atoms with Crippen LogP contribution >= 0.6 is 12.2 Å². The second-order valence-electron chi connectivity index (χ2n) is 8.14. The van der Waals surface area contributed by atoms with E-state index in [1.165, 1.54) is 19.5 Å². The number of amides is 1. The molecule has 0 aromatic heterocycles. The molecular formula is C21H32N4OS. The number of hydrogen-bond donors (Lipinski definition) is 2. The molecule has 0 saturated carbocycles. The predicted molar refractivity (Wildman–Crippen MR) is 116 cm³/mol. The first-order valence-corrected chi connectivity index (χ1v) is 10.6. The highest BCUT2D eigenvalue weighted by atomic mass is 32.1. The number of benzene rings is 1. The number of carbonyl (C=O) groups is 1. The van der Waals surface area contributed by atoms with E-state index in [0.717, 1.165) is 55.7 Å². The monoisotopic (exact) mass is 388 g/mol. The lowest BCUT2D eigenvalue weighted by Crippen LogP contribution is -2.40. The highest BCUT2D eigenvalue weighted by Crippen LogP contribution is 2.24. The van der Waals surface area contributed by atoms with Crippen molar-refractivity contribution < 1.29 is 4.79 Å². The van der Waals surface area contributed by atoms with E-state index < -0.39 is 0 Å². The molecule has 0 spiro atoms. The minimum atomic E-state index is 0.203. The van der Waals surface area contributed by atoms with Gasteiger partial charge in [0.2, 0.25) is 5.91 Å². The maximum absolute atomic E-state index is 11.9. The zero-order valence-corrected chi connectivity index (χ0v) is 17.4. The fourth-order valence-electron chi connectivity index (χ4n) is 4.33. The van der Waals surface area contributed by atoms with Crippen molar-refractivity contribution in [2.45, 2.75) is 39.5 Å². The Hall–Kier alpha value is -1.66. The van der Waals surface area contributed by atoms with Crippen molar-refractivity contribution in [3.05, 3.63) is 24.3 Å². The largest absolute Gasteiger partial charge is 0.362 e. The van der Waals surface area contributed by atoms with Crippen LogP contribution in [0, 0.1) is 11.8 Å². The fourth-order valence-corrected chi connectivity index (χ4v) is 4.55. The Morgan fingerprint density at radius 3 is 2.74 bits per heavy atom. The molecule has 2 aliphatic heterocycles. The molecule has 0 bridgehead atoms. The standard InChI is InChI=1S/C21H32N4OS/c1-16-12-17(2)15-24(14-16)10-5-9-22-21(27)23-18-6-3-7-19(13-18)25-11-4-8-20(25)26/h3,6-7,13,16-17H,4-5,8-12,14-15H2,1-2H3,(H2,22,23,27)/t16-,17+. The Balaban J connectivity index is 1.40. The average Bonchev–Trinajstić information content (AvgIpc) is 3.04. The van der Waals surface area contributed by atoms with Gasteiger partial charge in [-0.2, -0.15) is 0 Å². The molecule has 1 aromatic carbocycles. The molecule has 2 fully saturated rings. The van der Waals surface area contributed by atoms with Crippen LogP contribution in [0.1, 0.15) is 39.5 Å². The number of thiocarbonyl (C=S) groups is 1. The lowest BCUT2D eigenvalue weighted by atomic mass is 9.92. The molecule has 6 heteroatoms. The number of carbonyl (C=O) groups excluding carboxylic acids is 1. The first-order chi connectivity index (χ1) is 13.0. The molecule has 0 radical (unpaired) electrons. The SMILES string of the molecule is C[C@@H]1C[C@H](C)CN(CCCNC(=S)Nc2cccc(N3CCCC3=O)c2)C1. The van der Waals surface area contributed by atoms with Crippen molar-refractivity contribution in [2.75, 3.05) is 42.9 Å². The molecule has 2 N–H and O–H groups in total. The van der Waals surface area contributed by atoms with E-state index in [4.69, 9.17) is 12.2 Å². The summed E-state index contributed by atoms with van der Waals surface area (Å²) < 4.78 is 0. The number of anilines is 2. The normalized spacial score (nSPS) is 23.5. The van der Waals surface area contributed by atoms with Crippen molar-refractivity contribution in [1.29, 1.82) is 0 Å². The number of likely N-dealkylation sites (tertiary alicyclic amines) is 1. The highest BCUT2D eigenvalue weighted by molar-refractivity contribution is 7.80. The van der Waals surface area contributed by atoms with Crippen LogP contribution in [0.15, 0.2) is 24.3 Å². The molecule has 1 amide bonds. The van der Waals surface area contributed by atoms with Crippen molar-refractivity contribution in [1.82, 2.24) is 10.2 Å². The second kappa shape index (κ2) is 9.51. The zero-order chi connectivity index (χ0) is 19.2. The smallest absolute Gasteiger partial charge is 0.227 e. The lowest BCUT2D eigenvalue weighted by molar-refractivity contribution is -0.117. The van der Waals surface area contributed by atoms with E-state index in [2.05, 4.69) is 29.4 Å². The Morgan fingerprint density at radius 1 is 1.26 bits per heavy atom. The highest BCUT2D eigenvalue weighted by Gasteiger charge is 2.22. The first-order valence-electron chi connectivity index (χ1n) is 10.2. The van der Waals surface area contributed by atoms with E-state index in [-0.39, 0.29) is 5.91 Å². The number of nitrogens with one attached hydrogen (secondary N) is 2. The first kappa shape index (κ1) is 20.1. The van der Waals surface area contributed by atoms with Gasteiger partial charge in [0.15, 0.2) is 5.11 Å². The van der Waals surface area contributed by atoms with E-state index >= 15 is 0 Å². The summed E-state index contributed by atoms with van der Waals surface area (Å²) in [4.78, 5) is 16.3. The molecule has 2 heterocycles. The van der Waals surface area contributed by atoms with Crippen molar-refractivity contribution in [3.8, 4) is 0 Å². The lowest BCUT2D eigenvalue weighted by Gasteiger charge is -2.35. The Kier molecular flexibility index (Phi) is 7.07. The summed E-state index contributed by atoms with van der Waals surface area (Å²) in [7, 11) is 0. The molecule has 148 valence electrons. The Labute approximate surface area is 168 Å². The van der Waals surface area contributed by atoms with Gasteiger partial charge in [0, 0.05) is 44.0 Å². The summed E-state index contributed by atoms with van der Waals surface area (Å²) >= 11 is 5.43. The van der Waals surface area contributed by atoms with Crippen molar-refractivity contribution >= 4 is 34.6 Å². The number of rotatable bonds is 6. The van der Waals surface area contributed by atoms with Crippen molar-refractivity contribution in [2.24, 2.45) is 11.8 Å². The maximum Gasteiger partial charge on any atom is 0.227 e. The summed E-state index contributed by atoms with van der Waals surface area (Å²) in [5.74, 6) is 1.81. The van der Waals surface area contributed by atoms with Crippen LogP contribution in [0.3, 0.4) is 0 Å². The van der Waals surface area contributed by atoms with Gasteiger partial charge in [-0.15, -0.1) is 0 Å². The van der Waals surface area contributed by atoms with Gasteiger partial charge in [-0.25, -0.2) is 0 Å². The van der Waals surface area contributed by atoms with Gasteiger partial charge in [0.1, 0.15) is 0 Å². The average molecular weight is 389 g/mol. The summed E-state index contributed by atoms with van der Waals surface area (Å²) in [6.07, 6.45) is 4.02. The minimum absolute atomic E-state index is 0.203. The summed E-state index contributed by atoms with van der Waals surface area (Å²) in [6, 6.07) is 7.91. The van der Waals surface area contributed by atoms with Crippen LogP contribution in [0.5, 0.6) is 0 Å². The predicted octanol–water partition coefficient (Wildman–Crippen LogP) is 3.47. The van der Waals surface area contributed by atoms with E-state index in [0.29, 0.717) is 11.5 Å². The molecule has 2 atom stereocenters. The third-order valence-corrected chi connectivity index (χ3v) is 5.62.